The number of H-pyrrole nitrogens is 1. The number of nitrogens with two attached hydrogens (primary N) is 1. The lowest BCUT2D eigenvalue weighted by Gasteiger charge is -2.10. The van der Waals surface area contributed by atoms with Crippen molar-refractivity contribution in [2.24, 2.45) is 5.73 Å². The fourth-order valence-corrected chi connectivity index (χ4v) is 2.62. The van der Waals surface area contributed by atoms with Crippen molar-refractivity contribution in [1.82, 2.24) is 15.2 Å². The van der Waals surface area contributed by atoms with E-state index in [-0.39, 0.29) is 0 Å². The molecule has 1 aromatic heterocycles. The Bertz CT molecular complexity index is 879. The molecule has 3 aromatic rings. The Morgan fingerprint density at radius 3 is 2.65 bits per heavy atom. The van der Waals surface area contributed by atoms with Crippen LogP contribution in [0.25, 0.3) is 11.4 Å². The van der Waals surface area contributed by atoms with Crippen molar-refractivity contribution in [3.63, 3.8) is 0 Å². The van der Waals surface area contributed by atoms with Gasteiger partial charge in [-0.1, -0.05) is 12.1 Å². The Kier molecular flexibility index (Phi) is 5.38. The largest absolute Gasteiger partial charge is 0.497 e. The smallest absolute Gasteiger partial charge is 0.181 e. The molecule has 7 heteroatoms. The van der Waals surface area contributed by atoms with Crippen molar-refractivity contribution in [3.8, 4) is 28.6 Å². The van der Waals surface area contributed by atoms with Crippen LogP contribution in [-0.2, 0) is 0 Å². The monoisotopic (exact) mass is 354 g/mol. The first-order chi connectivity index (χ1) is 12.7. The molecule has 0 bridgehead atoms. The average molecular weight is 354 g/mol. The van der Waals surface area contributed by atoms with Crippen LogP contribution < -0.4 is 19.9 Å². The molecule has 3 N–H and O–H groups in total. The molecule has 0 saturated carbocycles. The highest BCUT2D eigenvalue weighted by molar-refractivity contribution is 5.61. The van der Waals surface area contributed by atoms with Crippen molar-refractivity contribution in [3.05, 3.63) is 53.9 Å². The Hall–Kier alpha value is -3.06. The molecule has 7 nitrogen and oxygen atoms in total. The maximum absolute atomic E-state index is 6.32. The Morgan fingerprint density at radius 1 is 1.08 bits per heavy atom. The van der Waals surface area contributed by atoms with Crippen molar-refractivity contribution >= 4 is 0 Å². The third kappa shape index (κ3) is 3.62. The van der Waals surface area contributed by atoms with Crippen LogP contribution in [0.5, 0.6) is 17.2 Å². The summed E-state index contributed by atoms with van der Waals surface area (Å²) in [4.78, 5) is 4.53. The standard InChI is InChI=1S/C19H22N4O3/c1-4-26-15-9-8-13(11-16(15)25-3)18-21-19(23-22-18)17(20)12-6-5-7-14(10-12)24-2/h5-11,17H,4,20H2,1-3H3,(H,21,22,23). The SMILES string of the molecule is CCOc1ccc(-c2n[nH]c(C(N)c3cccc(OC)c3)n2)cc1OC. The first kappa shape index (κ1) is 17.8. The second kappa shape index (κ2) is 7.88. The lowest BCUT2D eigenvalue weighted by atomic mass is 10.1. The molecule has 1 unspecified atom stereocenters. The number of hydrogen-bond donors (Lipinski definition) is 2. The number of rotatable bonds is 7. The van der Waals surface area contributed by atoms with E-state index in [4.69, 9.17) is 19.9 Å². The number of benzene rings is 2. The normalized spacial score (nSPS) is 11.8. The van der Waals surface area contributed by atoms with Gasteiger partial charge in [-0.3, -0.25) is 5.10 Å². The minimum absolute atomic E-state index is 0.434. The van der Waals surface area contributed by atoms with Gasteiger partial charge in [0.1, 0.15) is 11.6 Å². The predicted molar refractivity (Wildman–Crippen MR) is 98.6 cm³/mol. The molecule has 0 aliphatic carbocycles. The Morgan fingerprint density at radius 2 is 1.92 bits per heavy atom. The van der Waals surface area contributed by atoms with Gasteiger partial charge in [0.15, 0.2) is 17.3 Å². The molecule has 3 rings (SSSR count). The maximum atomic E-state index is 6.32. The third-order valence-corrected chi connectivity index (χ3v) is 3.97. The molecule has 0 amide bonds. The zero-order valence-electron chi connectivity index (χ0n) is 15.0. The molecular weight excluding hydrogens is 332 g/mol. The third-order valence-electron chi connectivity index (χ3n) is 3.97. The van der Waals surface area contributed by atoms with E-state index in [1.54, 1.807) is 14.2 Å². The summed E-state index contributed by atoms with van der Waals surface area (Å²) in [5.41, 5.74) is 8.01. The first-order valence-corrected chi connectivity index (χ1v) is 8.29. The number of aromatic amines is 1. The Labute approximate surface area is 152 Å². The highest BCUT2D eigenvalue weighted by Crippen LogP contribution is 2.32. The van der Waals surface area contributed by atoms with E-state index in [1.807, 2.05) is 49.4 Å². The van der Waals surface area contributed by atoms with Crippen LogP contribution in [0, 0.1) is 0 Å². The van der Waals surface area contributed by atoms with Gasteiger partial charge in [-0.2, -0.15) is 5.10 Å². The quantitative estimate of drug-likeness (QED) is 0.677. The van der Waals surface area contributed by atoms with E-state index in [9.17, 15) is 0 Å². The second-order valence-electron chi connectivity index (χ2n) is 5.60. The molecule has 26 heavy (non-hydrogen) atoms. The minimum atomic E-state index is -0.434. The van der Waals surface area contributed by atoms with E-state index >= 15 is 0 Å². The van der Waals surface area contributed by atoms with Gasteiger partial charge in [0.05, 0.1) is 26.9 Å². The molecule has 0 radical (unpaired) electrons. The second-order valence-corrected chi connectivity index (χ2v) is 5.60. The van der Waals surface area contributed by atoms with Crippen LogP contribution in [0.15, 0.2) is 42.5 Å². The summed E-state index contributed by atoms with van der Waals surface area (Å²) in [5, 5.41) is 7.20. The lowest BCUT2D eigenvalue weighted by molar-refractivity contribution is 0.311. The van der Waals surface area contributed by atoms with E-state index in [2.05, 4.69) is 15.2 Å². The van der Waals surface area contributed by atoms with Gasteiger partial charge in [-0.15, -0.1) is 0 Å². The summed E-state index contributed by atoms with van der Waals surface area (Å²) in [7, 11) is 3.22. The summed E-state index contributed by atoms with van der Waals surface area (Å²) in [6.07, 6.45) is 0. The first-order valence-electron chi connectivity index (χ1n) is 8.29. The van der Waals surface area contributed by atoms with Gasteiger partial charge in [0.2, 0.25) is 0 Å². The lowest BCUT2D eigenvalue weighted by Crippen LogP contribution is -2.13. The molecule has 0 saturated heterocycles. The van der Waals surface area contributed by atoms with Gasteiger partial charge in [-0.05, 0) is 42.8 Å². The van der Waals surface area contributed by atoms with Crippen molar-refractivity contribution in [2.45, 2.75) is 13.0 Å². The summed E-state index contributed by atoms with van der Waals surface area (Å²) in [6, 6.07) is 12.7. The number of ether oxygens (including phenoxy) is 3. The molecule has 1 heterocycles. The highest BCUT2D eigenvalue weighted by atomic mass is 16.5. The van der Waals surface area contributed by atoms with Crippen LogP contribution in [0.2, 0.25) is 0 Å². The van der Waals surface area contributed by atoms with Crippen molar-refractivity contribution in [1.29, 1.82) is 0 Å². The number of aromatic nitrogens is 3. The molecule has 0 fully saturated rings. The van der Waals surface area contributed by atoms with E-state index in [0.717, 1.165) is 16.9 Å². The van der Waals surface area contributed by atoms with E-state index in [0.29, 0.717) is 29.8 Å². The maximum Gasteiger partial charge on any atom is 0.181 e. The average Bonchev–Trinajstić information content (AvgIpc) is 3.18. The number of hydrogen-bond acceptors (Lipinski definition) is 6. The fourth-order valence-electron chi connectivity index (χ4n) is 2.62. The molecule has 0 aliphatic heterocycles. The topological polar surface area (TPSA) is 95.3 Å². The van der Waals surface area contributed by atoms with Crippen LogP contribution in [0.1, 0.15) is 24.4 Å². The fraction of sp³-hybridized carbons (Fsp3) is 0.263. The summed E-state index contributed by atoms with van der Waals surface area (Å²) < 4.78 is 16.2. The molecule has 0 aliphatic rings. The van der Waals surface area contributed by atoms with Crippen LogP contribution in [-0.4, -0.2) is 36.0 Å². The van der Waals surface area contributed by atoms with Gasteiger partial charge < -0.3 is 19.9 Å². The van der Waals surface area contributed by atoms with Crippen LogP contribution in [0.4, 0.5) is 0 Å². The highest BCUT2D eigenvalue weighted by Gasteiger charge is 2.16. The number of nitrogens with one attached hydrogen (secondary N) is 1. The van der Waals surface area contributed by atoms with E-state index in [1.165, 1.54) is 0 Å². The Balaban J connectivity index is 1.87. The molecule has 1 atom stereocenters. The molecular formula is C19H22N4O3. The van der Waals surface area contributed by atoms with Gasteiger partial charge in [-0.25, -0.2) is 4.98 Å². The minimum Gasteiger partial charge on any atom is -0.497 e. The molecule has 136 valence electrons. The zero-order valence-corrected chi connectivity index (χ0v) is 15.0. The van der Waals surface area contributed by atoms with Crippen molar-refractivity contribution in [2.75, 3.05) is 20.8 Å². The zero-order chi connectivity index (χ0) is 18.5. The van der Waals surface area contributed by atoms with Gasteiger partial charge in [0.25, 0.3) is 0 Å². The number of methoxy groups -OCH3 is 2. The van der Waals surface area contributed by atoms with Crippen LogP contribution in [0.3, 0.4) is 0 Å². The summed E-state index contributed by atoms with van der Waals surface area (Å²) in [5.74, 6) is 3.17. The summed E-state index contributed by atoms with van der Waals surface area (Å²) >= 11 is 0. The molecule has 2 aromatic carbocycles. The van der Waals surface area contributed by atoms with Gasteiger partial charge >= 0.3 is 0 Å². The number of nitrogens with zero attached hydrogens (tertiary/aromatic N) is 2. The molecule has 0 spiro atoms. The summed E-state index contributed by atoms with van der Waals surface area (Å²) in [6.45, 7) is 2.49. The van der Waals surface area contributed by atoms with Crippen molar-refractivity contribution < 1.29 is 14.2 Å². The van der Waals surface area contributed by atoms with Gasteiger partial charge in [0, 0.05) is 5.56 Å². The van der Waals surface area contributed by atoms with Crippen LogP contribution >= 0.6 is 0 Å². The van der Waals surface area contributed by atoms with E-state index < -0.39 is 6.04 Å². The predicted octanol–water partition coefficient (Wildman–Crippen LogP) is 2.94.